The zero-order valence-corrected chi connectivity index (χ0v) is 12.3. The predicted octanol–water partition coefficient (Wildman–Crippen LogP) is 5.34. The van der Waals surface area contributed by atoms with E-state index in [1.54, 1.807) is 30.0 Å². The average molecular weight is 316 g/mol. The normalized spacial score (nSPS) is 10.5. The van der Waals surface area contributed by atoms with E-state index in [0.717, 1.165) is 22.9 Å². The summed E-state index contributed by atoms with van der Waals surface area (Å²) in [5.41, 5.74) is 0.776. The number of anilines is 1. The number of hydrogen-bond donors (Lipinski definition) is 1. The lowest BCUT2D eigenvalue weighted by Gasteiger charge is -2.07. The minimum Gasteiger partial charge on any atom is -0.384 e. The second kappa shape index (κ2) is 7.04. The SMILES string of the molecule is Fc1cccc(NCCSc2cc(Cl)ccc2Cl)c1. The highest BCUT2D eigenvalue weighted by atomic mass is 35.5. The Morgan fingerprint density at radius 2 is 1.95 bits per heavy atom. The molecule has 2 rings (SSSR count). The van der Waals surface area contributed by atoms with Crippen LogP contribution in [-0.2, 0) is 0 Å². The van der Waals surface area contributed by atoms with Crippen molar-refractivity contribution in [2.75, 3.05) is 17.6 Å². The molecule has 0 fully saturated rings. The first-order valence-electron chi connectivity index (χ1n) is 5.72. The van der Waals surface area contributed by atoms with Crippen molar-refractivity contribution >= 4 is 40.7 Å². The van der Waals surface area contributed by atoms with Gasteiger partial charge in [0, 0.05) is 27.9 Å². The lowest BCUT2D eigenvalue weighted by Crippen LogP contribution is -2.04. The third-order valence-electron chi connectivity index (χ3n) is 2.41. The Hall–Kier alpha value is -0.900. The molecule has 5 heteroatoms. The molecule has 0 atom stereocenters. The first-order valence-corrected chi connectivity index (χ1v) is 7.46. The maximum atomic E-state index is 13.0. The Morgan fingerprint density at radius 1 is 1.11 bits per heavy atom. The zero-order valence-electron chi connectivity index (χ0n) is 10.00. The summed E-state index contributed by atoms with van der Waals surface area (Å²) in [5, 5.41) is 4.52. The summed E-state index contributed by atoms with van der Waals surface area (Å²) in [6.45, 7) is 0.719. The maximum absolute atomic E-state index is 13.0. The fraction of sp³-hybridized carbons (Fsp3) is 0.143. The molecule has 0 saturated heterocycles. The molecular formula is C14H12Cl2FNS. The Balaban J connectivity index is 1.82. The van der Waals surface area contributed by atoms with E-state index in [-0.39, 0.29) is 5.82 Å². The van der Waals surface area contributed by atoms with Crippen LogP contribution in [0.4, 0.5) is 10.1 Å². The molecule has 0 radical (unpaired) electrons. The number of thioether (sulfide) groups is 1. The van der Waals surface area contributed by atoms with E-state index in [1.807, 2.05) is 12.1 Å². The van der Waals surface area contributed by atoms with Gasteiger partial charge in [0.15, 0.2) is 0 Å². The van der Waals surface area contributed by atoms with Gasteiger partial charge in [0.1, 0.15) is 5.82 Å². The Labute approximate surface area is 126 Å². The molecule has 2 aromatic carbocycles. The zero-order chi connectivity index (χ0) is 13.7. The van der Waals surface area contributed by atoms with Crippen LogP contribution in [0.1, 0.15) is 0 Å². The predicted molar refractivity (Wildman–Crippen MR) is 82.1 cm³/mol. The van der Waals surface area contributed by atoms with Gasteiger partial charge < -0.3 is 5.32 Å². The van der Waals surface area contributed by atoms with Gasteiger partial charge in [0.2, 0.25) is 0 Å². The number of rotatable bonds is 5. The van der Waals surface area contributed by atoms with Crippen molar-refractivity contribution in [2.45, 2.75) is 4.90 Å². The van der Waals surface area contributed by atoms with Gasteiger partial charge in [-0.25, -0.2) is 4.39 Å². The maximum Gasteiger partial charge on any atom is 0.125 e. The molecule has 19 heavy (non-hydrogen) atoms. The van der Waals surface area contributed by atoms with Crippen LogP contribution < -0.4 is 5.32 Å². The molecule has 0 aliphatic carbocycles. The summed E-state index contributed by atoms with van der Waals surface area (Å²) >= 11 is 13.6. The van der Waals surface area contributed by atoms with E-state index in [0.29, 0.717) is 10.0 Å². The van der Waals surface area contributed by atoms with Gasteiger partial charge in [-0.3, -0.25) is 0 Å². The van der Waals surface area contributed by atoms with Crippen LogP contribution in [0.25, 0.3) is 0 Å². The van der Waals surface area contributed by atoms with Crippen LogP contribution in [-0.4, -0.2) is 12.3 Å². The fourth-order valence-corrected chi connectivity index (χ4v) is 2.90. The molecule has 0 aromatic heterocycles. The van der Waals surface area contributed by atoms with Gasteiger partial charge in [-0.1, -0.05) is 29.3 Å². The molecule has 1 nitrogen and oxygen atoms in total. The highest BCUT2D eigenvalue weighted by Crippen LogP contribution is 2.29. The minimum absolute atomic E-state index is 0.240. The van der Waals surface area contributed by atoms with E-state index in [2.05, 4.69) is 5.32 Å². The van der Waals surface area contributed by atoms with Gasteiger partial charge in [-0.05, 0) is 36.4 Å². The van der Waals surface area contributed by atoms with Gasteiger partial charge in [0.25, 0.3) is 0 Å². The second-order valence-corrected chi connectivity index (χ2v) is 5.84. The molecular weight excluding hydrogens is 304 g/mol. The van der Waals surface area contributed by atoms with Crippen molar-refractivity contribution in [3.8, 4) is 0 Å². The van der Waals surface area contributed by atoms with Crippen LogP contribution in [0.2, 0.25) is 10.0 Å². The van der Waals surface area contributed by atoms with Crippen molar-refractivity contribution in [3.05, 3.63) is 58.3 Å². The summed E-state index contributed by atoms with van der Waals surface area (Å²) in [4.78, 5) is 0.954. The van der Waals surface area contributed by atoms with Crippen LogP contribution in [0, 0.1) is 5.82 Å². The molecule has 0 amide bonds. The molecule has 0 saturated carbocycles. The molecule has 0 aliphatic rings. The highest BCUT2D eigenvalue weighted by molar-refractivity contribution is 7.99. The summed E-state index contributed by atoms with van der Waals surface area (Å²) in [6, 6.07) is 11.8. The quantitative estimate of drug-likeness (QED) is 0.590. The number of halogens is 3. The standard InChI is InChI=1S/C14H12Cl2FNS/c15-10-4-5-13(16)14(8-10)19-7-6-18-12-3-1-2-11(17)9-12/h1-5,8-9,18H,6-7H2. The van der Waals surface area contributed by atoms with Crippen molar-refractivity contribution in [1.82, 2.24) is 0 Å². The molecule has 0 unspecified atom stereocenters. The van der Waals surface area contributed by atoms with Crippen molar-refractivity contribution in [3.63, 3.8) is 0 Å². The summed E-state index contributed by atoms with van der Waals surface area (Å²) in [7, 11) is 0. The average Bonchev–Trinajstić information content (AvgIpc) is 2.39. The number of nitrogens with one attached hydrogen (secondary N) is 1. The van der Waals surface area contributed by atoms with E-state index < -0.39 is 0 Å². The lowest BCUT2D eigenvalue weighted by atomic mass is 10.3. The van der Waals surface area contributed by atoms with E-state index in [1.165, 1.54) is 12.1 Å². The first kappa shape index (κ1) is 14.5. The topological polar surface area (TPSA) is 12.0 Å². The van der Waals surface area contributed by atoms with Crippen molar-refractivity contribution in [2.24, 2.45) is 0 Å². The molecule has 2 aromatic rings. The Morgan fingerprint density at radius 3 is 2.74 bits per heavy atom. The summed E-state index contributed by atoms with van der Waals surface area (Å²) in [6.07, 6.45) is 0. The lowest BCUT2D eigenvalue weighted by molar-refractivity contribution is 0.628. The van der Waals surface area contributed by atoms with E-state index in [4.69, 9.17) is 23.2 Å². The summed E-state index contributed by atoms with van der Waals surface area (Å²) in [5.74, 6) is 0.576. The molecule has 100 valence electrons. The highest BCUT2D eigenvalue weighted by Gasteiger charge is 2.02. The monoisotopic (exact) mass is 315 g/mol. The first-order chi connectivity index (χ1) is 9.15. The van der Waals surface area contributed by atoms with Crippen LogP contribution >= 0.6 is 35.0 Å². The van der Waals surface area contributed by atoms with E-state index in [9.17, 15) is 4.39 Å². The van der Waals surface area contributed by atoms with Crippen LogP contribution in [0.15, 0.2) is 47.4 Å². The molecule has 0 aliphatic heterocycles. The smallest absolute Gasteiger partial charge is 0.125 e. The van der Waals surface area contributed by atoms with Crippen molar-refractivity contribution < 1.29 is 4.39 Å². The summed E-state index contributed by atoms with van der Waals surface area (Å²) < 4.78 is 13.0. The largest absolute Gasteiger partial charge is 0.384 e. The Kier molecular flexibility index (Phi) is 5.37. The molecule has 1 N–H and O–H groups in total. The molecule has 0 bridgehead atoms. The van der Waals surface area contributed by atoms with Crippen molar-refractivity contribution in [1.29, 1.82) is 0 Å². The number of benzene rings is 2. The fourth-order valence-electron chi connectivity index (χ4n) is 1.54. The minimum atomic E-state index is -0.240. The van der Waals surface area contributed by atoms with Gasteiger partial charge in [-0.2, -0.15) is 0 Å². The van der Waals surface area contributed by atoms with Gasteiger partial charge >= 0.3 is 0 Å². The van der Waals surface area contributed by atoms with Gasteiger partial charge in [-0.15, -0.1) is 11.8 Å². The Bertz CT molecular complexity index is 563. The third kappa shape index (κ3) is 4.60. The van der Waals surface area contributed by atoms with Crippen LogP contribution in [0.5, 0.6) is 0 Å². The second-order valence-electron chi connectivity index (χ2n) is 3.86. The third-order valence-corrected chi connectivity index (χ3v) is 4.14. The molecule has 0 heterocycles. The van der Waals surface area contributed by atoms with Gasteiger partial charge in [0.05, 0.1) is 5.02 Å². The number of hydrogen-bond acceptors (Lipinski definition) is 2. The van der Waals surface area contributed by atoms with E-state index >= 15 is 0 Å². The van der Waals surface area contributed by atoms with Crippen LogP contribution in [0.3, 0.4) is 0 Å². The molecule has 0 spiro atoms.